The lowest BCUT2D eigenvalue weighted by molar-refractivity contribution is -0.137. The standard InChI is InChI=1S/C27H21F4N5O3/c28-18-9-16(10-20(12-18)35-26(38)34-19-4-2-17(3-5-19)27(29,30)31)25(37)15-1-6-21-22(11-15)36-23(13-33-21)24-14-32-7-8-39-24/h1-6,9-13,24,32H,7-8,14H2,(H2,34,35,38). The molecule has 1 fully saturated rings. The normalized spacial score (nSPS) is 15.6. The number of anilines is 2. The Morgan fingerprint density at radius 2 is 1.69 bits per heavy atom. The van der Waals surface area contributed by atoms with Crippen molar-refractivity contribution in [2.75, 3.05) is 30.3 Å². The number of nitrogens with zero attached hydrogens (tertiary/aromatic N) is 2. The predicted octanol–water partition coefficient (Wildman–Crippen LogP) is 5.32. The Bertz CT molecular complexity index is 1540. The summed E-state index contributed by atoms with van der Waals surface area (Å²) in [5.74, 6) is -1.28. The first-order chi connectivity index (χ1) is 18.7. The largest absolute Gasteiger partial charge is 0.416 e. The van der Waals surface area contributed by atoms with Crippen LogP contribution in [0, 0.1) is 5.82 Å². The quantitative estimate of drug-likeness (QED) is 0.234. The van der Waals surface area contributed by atoms with Crippen molar-refractivity contribution in [3.05, 3.63) is 95.1 Å². The zero-order chi connectivity index (χ0) is 27.6. The van der Waals surface area contributed by atoms with E-state index >= 15 is 0 Å². The first kappa shape index (κ1) is 26.2. The lowest BCUT2D eigenvalue weighted by atomic mass is 10.0. The Kier molecular flexibility index (Phi) is 7.22. The van der Waals surface area contributed by atoms with Crippen molar-refractivity contribution in [2.24, 2.45) is 0 Å². The van der Waals surface area contributed by atoms with Crippen molar-refractivity contribution >= 4 is 34.2 Å². The van der Waals surface area contributed by atoms with Crippen LogP contribution in [0.15, 0.2) is 66.9 Å². The second-order valence-electron chi connectivity index (χ2n) is 8.77. The first-order valence-electron chi connectivity index (χ1n) is 11.9. The number of ketones is 1. The number of amides is 2. The Hall–Kier alpha value is -4.42. The number of benzene rings is 3. The minimum absolute atomic E-state index is 0.0208. The summed E-state index contributed by atoms with van der Waals surface area (Å²) in [5, 5.41) is 7.98. The number of ether oxygens (including phenoxy) is 1. The molecule has 0 bridgehead atoms. The Balaban J connectivity index is 1.32. The van der Waals surface area contributed by atoms with Gasteiger partial charge in [0.1, 0.15) is 11.9 Å². The van der Waals surface area contributed by atoms with Gasteiger partial charge in [0, 0.05) is 35.6 Å². The van der Waals surface area contributed by atoms with Gasteiger partial charge in [-0.25, -0.2) is 14.2 Å². The number of fused-ring (bicyclic) bond motifs is 1. The SMILES string of the molecule is O=C(Nc1ccc(C(F)(F)F)cc1)Nc1cc(F)cc(C(=O)c2ccc3ncc(C4CNCCO4)nc3c2)c1. The van der Waals surface area contributed by atoms with Crippen LogP contribution in [-0.2, 0) is 10.9 Å². The second-order valence-corrected chi connectivity index (χ2v) is 8.77. The summed E-state index contributed by atoms with van der Waals surface area (Å²) in [5.41, 5.74) is 1.09. The molecule has 2 heterocycles. The van der Waals surface area contributed by atoms with Gasteiger partial charge in [-0.2, -0.15) is 13.2 Å². The number of carbonyl (C=O) groups excluding carboxylic acids is 2. The van der Waals surface area contributed by atoms with E-state index in [-0.39, 0.29) is 28.6 Å². The van der Waals surface area contributed by atoms with Crippen LogP contribution < -0.4 is 16.0 Å². The molecule has 0 saturated carbocycles. The molecule has 1 saturated heterocycles. The first-order valence-corrected chi connectivity index (χ1v) is 11.9. The fourth-order valence-corrected chi connectivity index (χ4v) is 4.07. The van der Waals surface area contributed by atoms with E-state index in [1.165, 1.54) is 6.07 Å². The highest BCUT2D eigenvalue weighted by Crippen LogP contribution is 2.30. The van der Waals surface area contributed by atoms with Gasteiger partial charge in [0.15, 0.2) is 5.78 Å². The fourth-order valence-electron chi connectivity index (χ4n) is 4.07. The molecular formula is C27H21F4N5O3. The molecule has 200 valence electrons. The van der Waals surface area contributed by atoms with Crippen LogP contribution >= 0.6 is 0 Å². The molecule has 3 aromatic carbocycles. The molecule has 0 aliphatic carbocycles. The van der Waals surface area contributed by atoms with E-state index in [1.54, 1.807) is 24.4 Å². The maximum atomic E-state index is 14.4. The summed E-state index contributed by atoms with van der Waals surface area (Å²) in [4.78, 5) is 34.5. The topological polar surface area (TPSA) is 105 Å². The van der Waals surface area contributed by atoms with Crippen LogP contribution in [0.2, 0.25) is 0 Å². The van der Waals surface area contributed by atoms with Crippen LogP contribution in [0.3, 0.4) is 0 Å². The maximum Gasteiger partial charge on any atom is 0.416 e. The van der Waals surface area contributed by atoms with Crippen LogP contribution in [0.25, 0.3) is 11.0 Å². The van der Waals surface area contributed by atoms with E-state index < -0.39 is 29.4 Å². The van der Waals surface area contributed by atoms with Gasteiger partial charge >= 0.3 is 12.2 Å². The zero-order valence-corrected chi connectivity index (χ0v) is 20.2. The smallest absolute Gasteiger partial charge is 0.369 e. The van der Waals surface area contributed by atoms with Crippen molar-refractivity contribution < 1.29 is 31.9 Å². The van der Waals surface area contributed by atoms with Crippen LogP contribution in [0.5, 0.6) is 0 Å². The van der Waals surface area contributed by atoms with E-state index in [0.29, 0.717) is 29.9 Å². The molecule has 12 heteroatoms. The minimum atomic E-state index is -4.51. The summed E-state index contributed by atoms with van der Waals surface area (Å²) in [6, 6.07) is 11.1. The lowest BCUT2D eigenvalue weighted by Crippen LogP contribution is -2.33. The average molecular weight is 539 g/mol. The number of morpholine rings is 1. The molecule has 3 N–H and O–H groups in total. The third-order valence-electron chi connectivity index (χ3n) is 5.97. The van der Waals surface area contributed by atoms with Gasteiger partial charge in [-0.05, 0) is 60.7 Å². The predicted molar refractivity (Wildman–Crippen MR) is 135 cm³/mol. The Morgan fingerprint density at radius 3 is 2.41 bits per heavy atom. The lowest BCUT2D eigenvalue weighted by Gasteiger charge is -2.22. The third kappa shape index (κ3) is 6.19. The molecular weight excluding hydrogens is 518 g/mol. The summed E-state index contributed by atoms with van der Waals surface area (Å²) in [6.45, 7) is 1.88. The number of rotatable bonds is 5. The van der Waals surface area contributed by atoms with Crippen molar-refractivity contribution in [1.82, 2.24) is 15.3 Å². The molecule has 1 aliphatic rings. The van der Waals surface area contributed by atoms with Crippen molar-refractivity contribution in [3.63, 3.8) is 0 Å². The van der Waals surface area contributed by atoms with E-state index in [9.17, 15) is 27.2 Å². The number of urea groups is 1. The van der Waals surface area contributed by atoms with Crippen LogP contribution in [-0.4, -0.2) is 41.5 Å². The van der Waals surface area contributed by atoms with Gasteiger partial charge in [-0.3, -0.25) is 9.78 Å². The van der Waals surface area contributed by atoms with Crippen molar-refractivity contribution in [2.45, 2.75) is 12.3 Å². The maximum absolute atomic E-state index is 14.4. The van der Waals surface area contributed by atoms with Gasteiger partial charge in [0.25, 0.3) is 0 Å². The number of carbonyl (C=O) groups is 2. The van der Waals surface area contributed by atoms with E-state index in [1.807, 2.05) is 0 Å². The molecule has 8 nitrogen and oxygen atoms in total. The highest BCUT2D eigenvalue weighted by atomic mass is 19.4. The number of aromatic nitrogens is 2. The summed E-state index contributed by atoms with van der Waals surface area (Å²) < 4.78 is 58.3. The number of nitrogens with one attached hydrogen (secondary N) is 3. The minimum Gasteiger partial charge on any atom is -0.369 e. The molecule has 4 aromatic rings. The van der Waals surface area contributed by atoms with Crippen LogP contribution in [0.4, 0.5) is 33.7 Å². The Labute approximate surface area is 219 Å². The molecule has 1 aromatic heterocycles. The van der Waals surface area contributed by atoms with Crippen LogP contribution in [0.1, 0.15) is 33.3 Å². The highest BCUT2D eigenvalue weighted by Gasteiger charge is 2.30. The molecule has 0 radical (unpaired) electrons. The van der Waals surface area contributed by atoms with E-state index in [0.717, 1.165) is 42.9 Å². The van der Waals surface area contributed by atoms with Crippen molar-refractivity contribution in [1.29, 1.82) is 0 Å². The molecule has 2 amide bonds. The second kappa shape index (κ2) is 10.8. The average Bonchev–Trinajstić information content (AvgIpc) is 2.92. The summed E-state index contributed by atoms with van der Waals surface area (Å²) in [6.07, 6.45) is -3.14. The zero-order valence-electron chi connectivity index (χ0n) is 20.2. The fraction of sp³-hybridized carbons (Fsp3) is 0.185. The number of alkyl halides is 3. The molecule has 5 rings (SSSR count). The number of halogens is 4. The Morgan fingerprint density at radius 1 is 0.923 bits per heavy atom. The molecule has 1 unspecified atom stereocenters. The third-order valence-corrected chi connectivity index (χ3v) is 5.97. The summed E-state index contributed by atoms with van der Waals surface area (Å²) >= 11 is 0. The molecule has 1 aliphatic heterocycles. The molecule has 0 spiro atoms. The van der Waals surface area contributed by atoms with E-state index in [4.69, 9.17) is 4.74 Å². The number of hydrogen-bond acceptors (Lipinski definition) is 6. The molecule has 1 atom stereocenters. The highest BCUT2D eigenvalue weighted by molar-refractivity contribution is 6.11. The molecule has 39 heavy (non-hydrogen) atoms. The van der Waals surface area contributed by atoms with Gasteiger partial charge in [0.2, 0.25) is 0 Å². The van der Waals surface area contributed by atoms with Crippen molar-refractivity contribution in [3.8, 4) is 0 Å². The van der Waals surface area contributed by atoms with Gasteiger partial charge in [0.05, 0.1) is 35.1 Å². The number of hydrogen-bond donors (Lipinski definition) is 3. The van der Waals surface area contributed by atoms with E-state index in [2.05, 4.69) is 25.9 Å². The van der Waals surface area contributed by atoms with Gasteiger partial charge in [-0.1, -0.05) is 0 Å². The van der Waals surface area contributed by atoms with Gasteiger partial charge in [-0.15, -0.1) is 0 Å². The van der Waals surface area contributed by atoms with Gasteiger partial charge < -0.3 is 20.7 Å². The monoisotopic (exact) mass is 539 g/mol. The summed E-state index contributed by atoms with van der Waals surface area (Å²) in [7, 11) is 0.